The molecule has 18 heavy (non-hydrogen) atoms. The lowest BCUT2D eigenvalue weighted by Crippen LogP contribution is -2.10. The first-order valence-electron chi connectivity index (χ1n) is 5.73. The molecule has 8 nitrogen and oxygen atoms in total. The highest BCUT2D eigenvalue weighted by Crippen LogP contribution is 2.20. The van der Waals surface area contributed by atoms with Crippen LogP contribution < -0.4 is 11.1 Å². The Kier molecular flexibility index (Phi) is 5.78. The summed E-state index contributed by atoms with van der Waals surface area (Å²) in [6, 6.07) is 0. The van der Waals surface area contributed by atoms with Crippen LogP contribution in [0.25, 0.3) is 0 Å². The molecule has 3 N–H and O–H groups in total. The first-order chi connectivity index (χ1) is 8.65. The van der Waals surface area contributed by atoms with Crippen molar-refractivity contribution in [2.75, 3.05) is 30.8 Å². The van der Waals surface area contributed by atoms with Crippen LogP contribution >= 0.6 is 0 Å². The lowest BCUT2D eigenvalue weighted by Gasteiger charge is -2.06. The van der Waals surface area contributed by atoms with Crippen molar-refractivity contribution in [1.82, 2.24) is 9.97 Å². The van der Waals surface area contributed by atoms with Gasteiger partial charge in [0, 0.05) is 19.8 Å². The molecule has 8 heteroatoms. The van der Waals surface area contributed by atoms with Crippen molar-refractivity contribution in [3.63, 3.8) is 0 Å². The summed E-state index contributed by atoms with van der Waals surface area (Å²) in [7, 11) is 0. The molecule has 1 aromatic heterocycles. The van der Waals surface area contributed by atoms with Crippen molar-refractivity contribution in [1.29, 1.82) is 0 Å². The molecule has 0 aliphatic carbocycles. The Labute approximate surface area is 105 Å². The second kappa shape index (κ2) is 7.38. The van der Waals surface area contributed by atoms with E-state index in [-0.39, 0.29) is 17.5 Å². The number of hydrogen-bond donors (Lipinski definition) is 2. The van der Waals surface area contributed by atoms with Crippen molar-refractivity contribution >= 4 is 17.5 Å². The summed E-state index contributed by atoms with van der Waals surface area (Å²) in [4.78, 5) is 17.6. The van der Waals surface area contributed by atoms with Crippen LogP contribution in [0.4, 0.5) is 17.5 Å². The number of rotatable bonds is 8. The van der Waals surface area contributed by atoms with Gasteiger partial charge in [0.15, 0.2) is 0 Å². The number of nitrogens with two attached hydrogens (primary N) is 1. The van der Waals surface area contributed by atoms with Gasteiger partial charge in [-0.3, -0.25) is 10.1 Å². The SMILES string of the molecule is CCCOCCCNc1nc(N)ncc1[N+](=O)[O-]. The Balaban J connectivity index is 2.45. The van der Waals surface area contributed by atoms with Crippen LogP contribution in [0.3, 0.4) is 0 Å². The van der Waals surface area contributed by atoms with Crippen molar-refractivity contribution in [3.8, 4) is 0 Å². The van der Waals surface area contributed by atoms with E-state index in [4.69, 9.17) is 10.5 Å². The molecule has 0 aromatic carbocycles. The monoisotopic (exact) mass is 255 g/mol. The summed E-state index contributed by atoms with van der Waals surface area (Å²) in [5.74, 6) is 0.147. The van der Waals surface area contributed by atoms with Crippen molar-refractivity contribution in [3.05, 3.63) is 16.3 Å². The van der Waals surface area contributed by atoms with Gasteiger partial charge in [0.05, 0.1) is 4.92 Å². The summed E-state index contributed by atoms with van der Waals surface area (Å²) in [6.45, 7) is 3.89. The van der Waals surface area contributed by atoms with E-state index >= 15 is 0 Å². The first kappa shape index (κ1) is 14.1. The van der Waals surface area contributed by atoms with Gasteiger partial charge in [-0.25, -0.2) is 4.98 Å². The quantitative estimate of drug-likeness (QED) is 0.407. The number of ether oxygens (including phenoxy) is 1. The molecule has 100 valence electrons. The number of anilines is 2. The predicted octanol–water partition coefficient (Wildman–Crippen LogP) is 1.20. The molecule has 0 saturated heterocycles. The molecule has 0 atom stereocenters. The molecule has 1 aromatic rings. The number of nitrogens with zero attached hydrogens (tertiary/aromatic N) is 3. The van der Waals surface area contributed by atoms with Gasteiger partial charge in [-0.2, -0.15) is 4.98 Å². The average molecular weight is 255 g/mol. The topological polar surface area (TPSA) is 116 Å². The van der Waals surface area contributed by atoms with Gasteiger partial charge in [0.1, 0.15) is 6.20 Å². The summed E-state index contributed by atoms with van der Waals surface area (Å²) in [5, 5.41) is 13.6. The minimum atomic E-state index is -0.546. The molecule has 0 saturated carbocycles. The highest BCUT2D eigenvalue weighted by atomic mass is 16.6. The third-order valence-electron chi connectivity index (χ3n) is 2.09. The summed E-state index contributed by atoms with van der Waals surface area (Å²) >= 11 is 0. The van der Waals surface area contributed by atoms with E-state index in [1.807, 2.05) is 6.92 Å². The molecular weight excluding hydrogens is 238 g/mol. The zero-order chi connectivity index (χ0) is 13.4. The minimum Gasteiger partial charge on any atom is -0.381 e. The molecule has 0 aliphatic rings. The lowest BCUT2D eigenvalue weighted by molar-refractivity contribution is -0.384. The maximum absolute atomic E-state index is 10.7. The number of aromatic nitrogens is 2. The third-order valence-corrected chi connectivity index (χ3v) is 2.09. The molecule has 0 fully saturated rings. The summed E-state index contributed by atoms with van der Waals surface area (Å²) in [6.07, 6.45) is 2.81. The van der Waals surface area contributed by atoms with E-state index in [0.29, 0.717) is 13.2 Å². The van der Waals surface area contributed by atoms with E-state index in [1.165, 1.54) is 0 Å². The van der Waals surface area contributed by atoms with Crippen LogP contribution in [0.5, 0.6) is 0 Å². The highest BCUT2D eigenvalue weighted by molar-refractivity contribution is 5.56. The summed E-state index contributed by atoms with van der Waals surface area (Å²) < 4.78 is 5.29. The molecule has 1 heterocycles. The maximum Gasteiger partial charge on any atom is 0.329 e. The Morgan fingerprint density at radius 3 is 3.00 bits per heavy atom. The molecule has 0 amide bonds. The van der Waals surface area contributed by atoms with E-state index < -0.39 is 4.92 Å². The largest absolute Gasteiger partial charge is 0.381 e. The number of hydrogen-bond acceptors (Lipinski definition) is 7. The fourth-order valence-corrected chi connectivity index (χ4v) is 1.28. The normalized spacial score (nSPS) is 10.3. The van der Waals surface area contributed by atoms with Crippen molar-refractivity contribution in [2.45, 2.75) is 19.8 Å². The minimum absolute atomic E-state index is 0.00494. The van der Waals surface area contributed by atoms with E-state index in [2.05, 4.69) is 15.3 Å². The predicted molar refractivity (Wildman–Crippen MR) is 67.3 cm³/mol. The third kappa shape index (κ3) is 4.50. The number of nitrogens with one attached hydrogen (secondary N) is 1. The zero-order valence-corrected chi connectivity index (χ0v) is 10.3. The second-order valence-corrected chi connectivity index (χ2v) is 3.61. The van der Waals surface area contributed by atoms with Crippen LogP contribution in [-0.4, -0.2) is 34.6 Å². The van der Waals surface area contributed by atoms with Gasteiger partial charge in [-0.1, -0.05) is 6.92 Å². The van der Waals surface area contributed by atoms with Crippen molar-refractivity contribution < 1.29 is 9.66 Å². The Hall–Kier alpha value is -1.96. The Morgan fingerprint density at radius 1 is 1.56 bits per heavy atom. The van der Waals surface area contributed by atoms with Crippen molar-refractivity contribution in [2.24, 2.45) is 0 Å². The van der Waals surface area contributed by atoms with Gasteiger partial charge >= 0.3 is 5.69 Å². The van der Waals surface area contributed by atoms with Gasteiger partial charge in [0.2, 0.25) is 11.8 Å². The number of nitrogen functional groups attached to an aromatic ring is 1. The zero-order valence-electron chi connectivity index (χ0n) is 10.3. The molecule has 0 spiro atoms. The van der Waals surface area contributed by atoms with Gasteiger partial charge in [-0.15, -0.1) is 0 Å². The Bertz CT molecular complexity index is 399. The highest BCUT2D eigenvalue weighted by Gasteiger charge is 2.15. The average Bonchev–Trinajstić information content (AvgIpc) is 2.33. The first-order valence-corrected chi connectivity index (χ1v) is 5.73. The van der Waals surface area contributed by atoms with Gasteiger partial charge in [-0.05, 0) is 12.8 Å². The number of nitro groups is 1. The van der Waals surface area contributed by atoms with Crippen LogP contribution in [0.15, 0.2) is 6.20 Å². The van der Waals surface area contributed by atoms with E-state index in [0.717, 1.165) is 25.6 Å². The standard InChI is InChI=1S/C10H17N5O3/c1-2-5-18-6-3-4-12-9-8(15(16)17)7-13-10(11)14-9/h7H,2-6H2,1H3,(H3,11,12,13,14). The van der Waals surface area contributed by atoms with Crippen LogP contribution in [-0.2, 0) is 4.74 Å². The van der Waals surface area contributed by atoms with Gasteiger partial charge in [0.25, 0.3) is 0 Å². The fourth-order valence-electron chi connectivity index (χ4n) is 1.28. The molecule has 0 aliphatic heterocycles. The molecule has 1 rings (SSSR count). The smallest absolute Gasteiger partial charge is 0.329 e. The molecule has 0 bridgehead atoms. The molecule has 0 radical (unpaired) electrons. The fraction of sp³-hybridized carbons (Fsp3) is 0.600. The van der Waals surface area contributed by atoms with Crippen LogP contribution in [0.1, 0.15) is 19.8 Å². The lowest BCUT2D eigenvalue weighted by atomic mass is 10.4. The molecular formula is C10H17N5O3. The van der Waals surface area contributed by atoms with Crippen LogP contribution in [0, 0.1) is 10.1 Å². The van der Waals surface area contributed by atoms with Crippen LogP contribution in [0.2, 0.25) is 0 Å². The maximum atomic E-state index is 10.7. The molecule has 0 unspecified atom stereocenters. The second-order valence-electron chi connectivity index (χ2n) is 3.61. The van der Waals surface area contributed by atoms with E-state index in [9.17, 15) is 10.1 Å². The summed E-state index contributed by atoms with van der Waals surface area (Å²) in [5.41, 5.74) is 5.21. The van der Waals surface area contributed by atoms with Gasteiger partial charge < -0.3 is 15.8 Å². The Morgan fingerprint density at radius 2 is 2.33 bits per heavy atom. The van der Waals surface area contributed by atoms with E-state index in [1.54, 1.807) is 0 Å².